The molecule has 1 nitrogen and oxygen atoms in total. The zero-order valence-electron chi connectivity index (χ0n) is 8.66. The topological polar surface area (TPSA) is 12.9 Å². The maximum atomic E-state index is 4.38. The van der Waals surface area contributed by atoms with E-state index in [0.717, 1.165) is 11.4 Å². The molecule has 0 unspecified atom stereocenters. The maximum absolute atomic E-state index is 4.38. The van der Waals surface area contributed by atoms with Crippen molar-refractivity contribution in [3.63, 3.8) is 0 Å². The summed E-state index contributed by atoms with van der Waals surface area (Å²) in [5, 5.41) is 2.13. The van der Waals surface area contributed by atoms with Gasteiger partial charge in [-0.15, -0.1) is 11.3 Å². The fourth-order valence-electron chi connectivity index (χ4n) is 1.63. The molecule has 0 aliphatic heterocycles. The lowest BCUT2D eigenvalue weighted by molar-refractivity contribution is 1.12. The third-order valence-electron chi connectivity index (χ3n) is 2.21. The van der Waals surface area contributed by atoms with Crippen molar-refractivity contribution in [2.75, 3.05) is 0 Å². The van der Waals surface area contributed by atoms with Gasteiger partial charge in [0.05, 0.1) is 0 Å². The van der Waals surface area contributed by atoms with E-state index in [9.17, 15) is 0 Å². The first-order valence-electron chi connectivity index (χ1n) is 4.66. The van der Waals surface area contributed by atoms with Crippen LogP contribution < -0.4 is 0 Å². The van der Waals surface area contributed by atoms with Crippen LogP contribution in [0.3, 0.4) is 0 Å². The van der Waals surface area contributed by atoms with Crippen molar-refractivity contribution in [3.05, 3.63) is 40.5 Å². The van der Waals surface area contributed by atoms with E-state index in [1.807, 2.05) is 13.8 Å². The summed E-state index contributed by atoms with van der Waals surface area (Å²) in [6.45, 7) is 6.23. The van der Waals surface area contributed by atoms with Gasteiger partial charge < -0.3 is 0 Å². The Morgan fingerprint density at radius 1 is 1.07 bits per heavy atom. The molecule has 2 aromatic rings. The van der Waals surface area contributed by atoms with Crippen molar-refractivity contribution in [2.24, 2.45) is 0 Å². The van der Waals surface area contributed by atoms with E-state index < -0.39 is 0 Å². The minimum atomic E-state index is 1.09. The first-order valence-corrected chi connectivity index (χ1v) is 5.54. The van der Waals surface area contributed by atoms with Crippen molar-refractivity contribution in [1.82, 2.24) is 4.98 Å². The van der Waals surface area contributed by atoms with Gasteiger partial charge >= 0.3 is 0 Å². The van der Waals surface area contributed by atoms with Gasteiger partial charge in [-0.1, -0.05) is 0 Å². The van der Waals surface area contributed by atoms with Crippen LogP contribution in [0.2, 0.25) is 0 Å². The molecule has 0 aromatic carbocycles. The monoisotopic (exact) mass is 203 g/mol. The zero-order chi connectivity index (χ0) is 10.1. The molecule has 14 heavy (non-hydrogen) atoms. The Kier molecular flexibility index (Phi) is 2.38. The van der Waals surface area contributed by atoms with Crippen molar-refractivity contribution in [3.8, 4) is 10.4 Å². The molecule has 2 aromatic heterocycles. The van der Waals surface area contributed by atoms with Crippen LogP contribution in [0, 0.1) is 20.8 Å². The van der Waals surface area contributed by atoms with Crippen molar-refractivity contribution in [2.45, 2.75) is 20.8 Å². The number of hydrogen-bond acceptors (Lipinski definition) is 2. The van der Waals surface area contributed by atoms with E-state index in [2.05, 4.69) is 35.5 Å². The summed E-state index contributed by atoms with van der Waals surface area (Å²) in [5.74, 6) is 0. The average Bonchev–Trinajstić information content (AvgIpc) is 2.49. The molecule has 0 amide bonds. The van der Waals surface area contributed by atoms with Crippen LogP contribution in [0.4, 0.5) is 0 Å². The Hall–Kier alpha value is -1.15. The van der Waals surface area contributed by atoms with Crippen LogP contribution in [0.25, 0.3) is 10.4 Å². The Morgan fingerprint density at radius 3 is 2.21 bits per heavy atom. The average molecular weight is 203 g/mol. The summed E-state index contributed by atoms with van der Waals surface area (Å²) in [6.07, 6.45) is 0. The number of aromatic nitrogens is 1. The molecule has 0 saturated heterocycles. The lowest BCUT2D eigenvalue weighted by Crippen LogP contribution is -1.87. The van der Waals surface area contributed by atoms with E-state index in [4.69, 9.17) is 0 Å². The Bertz CT molecular complexity index is 437. The predicted molar refractivity (Wildman–Crippen MR) is 61.8 cm³/mol. The van der Waals surface area contributed by atoms with E-state index in [1.54, 1.807) is 11.3 Å². The van der Waals surface area contributed by atoms with Gasteiger partial charge in [-0.2, -0.15) is 0 Å². The zero-order valence-corrected chi connectivity index (χ0v) is 9.48. The predicted octanol–water partition coefficient (Wildman–Crippen LogP) is 3.74. The van der Waals surface area contributed by atoms with Gasteiger partial charge in [0.25, 0.3) is 0 Å². The summed E-state index contributed by atoms with van der Waals surface area (Å²) in [6, 6.07) is 6.45. The SMILES string of the molecule is Cc1cc(-c2sccc2C)cc(C)n1. The second kappa shape index (κ2) is 3.54. The number of hydrogen-bond donors (Lipinski definition) is 0. The molecule has 0 fully saturated rings. The van der Waals surface area contributed by atoms with Gasteiger partial charge in [-0.25, -0.2) is 0 Å². The third kappa shape index (κ3) is 1.70. The van der Waals surface area contributed by atoms with Crippen LogP contribution >= 0.6 is 11.3 Å². The second-order valence-corrected chi connectivity index (χ2v) is 4.49. The third-order valence-corrected chi connectivity index (χ3v) is 3.27. The normalized spacial score (nSPS) is 10.5. The lowest BCUT2D eigenvalue weighted by Gasteiger charge is -2.03. The van der Waals surface area contributed by atoms with E-state index in [-0.39, 0.29) is 0 Å². The van der Waals surface area contributed by atoms with E-state index >= 15 is 0 Å². The summed E-state index contributed by atoms with van der Waals surface area (Å²) in [7, 11) is 0. The molecule has 0 saturated carbocycles. The van der Waals surface area contributed by atoms with Gasteiger partial charge in [0.15, 0.2) is 0 Å². The summed E-state index contributed by atoms with van der Waals surface area (Å²) >= 11 is 1.79. The summed E-state index contributed by atoms with van der Waals surface area (Å²) < 4.78 is 0. The van der Waals surface area contributed by atoms with E-state index in [0.29, 0.717) is 0 Å². The van der Waals surface area contributed by atoms with Crippen molar-refractivity contribution >= 4 is 11.3 Å². The molecule has 2 heteroatoms. The molecule has 0 bridgehead atoms. The van der Waals surface area contributed by atoms with Gasteiger partial charge in [0.1, 0.15) is 0 Å². The first kappa shape index (κ1) is 9.41. The number of thiophene rings is 1. The molecule has 0 aliphatic rings. The van der Waals surface area contributed by atoms with E-state index in [1.165, 1.54) is 16.0 Å². The van der Waals surface area contributed by atoms with Crippen LogP contribution in [0.1, 0.15) is 17.0 Å². The lowest BCUT2D eigenvalue weighted by atomic mass is 10.1. The summed E-state index contributed by atoms with van der Waals surface area (Å²) in [4.78, 5) is 5.74. The van der Waals surface area contributed by atoms with Crippen LogP contribution in [0.5, 0.6) is 0 Å². The van der Waals surface area contributed by atoms with Crippen molar-refractivity contribution in [1.29, 1.82) is 0 Å². The molecular weight excluding hydrogens is 190 g/mol. The standard InChI is InChI=1S/C12H13NS/c1-8-4-5-14-12(8)11-6-9(2)13-10(3)7-11/h4-7H,1-3H3. The highest BCUT2D eigenvalue weighted by molar-refractivity contribution is 7.13. The highest BCUT2D eigenvalue weighted by atomic mass is 32.1. The Morgan fingerprint density at radius 2 is 1.71 bits per heavy atom. The molecule has 0 spiro atoms. The quantitative estimate of drug-likeness (QED) is 0.688. The number of rotatable bonds is 1. The molecule has 0 atom stereocenters. The number of pyridine rings is 1. The highest BCUT2D eigenvalue weighted by Crippen LogP contribution is 2.29. The van der Waals surface area contributed by atoms with Gasteiger partial charge in [-0.3, -0.25) is 4.98 Å². The Labute approximate surface area is 88.4 Å². The number of aryl methyl sites for hydroxylation is 3. The van der Waals surface area contributed by atoms with Gasteiger partial charge in [-0.05, 0) is 55.5 Å². The summed E-state index contributed by atoms with van der Waals surface area (Å²) in [5.41, 5.74) is 4.82. The maximum Gasteiger partial charge on any atom is 0.0382 e. The molecular formula is C12H13NS. The molecule has 0 N–H and O–H groups in total. The largest absolute Gasteiger partial charge is 0.258 e. The van der Waals surface area contributed by atoms with Crippen LogP contribution in [0.15, 0.2) is 23.6 Å². The fourth-order valence-corrected chi connectivity index (χ4v) is 2.55. The minimum absolute atomic E-state index is 1.09. The Balaban J connectivity index is 2.57. The molecule has 0 radical (unpaired) electrons. The number of nitrogens with zero attached hydrogens (tertiary/aromatic N) is 1. The van der Waals surface area contributed by atoms with Crippen LogP contribution in [-0.2, 0) is 0 Å². The van der Waals surface area contributed by atoms with Gasteiger partial charge in [0.2, 0.25) is 0 Å². The molecule has 0 aliphatic carbocycles. The molecule has 2 rings (SSSR count). The fraction of sp³-hybridized carbons (Fsp3) is 0.250. The minimum Gasteiger partial charge on any atom is -0.258 e. The first-order chi connectivity index (χ1) is 6.66. The second-order valence-electron chi connectivity index (χ2n) is 3.57. The molecule has 72 valence electrons. The van der Waals surface area contributed by atoms with Crippen molar-refractivity contribution < 1.29 is 0 Å². The van der Waals surface area contributed by atoms with Gasteiger partial charge in [0, 0.05) is 16.3 Å². The smallest absolute Gasteiger partial charge is 0.0382 e. The molecule has 2 heterocycles. The van der Waals surface area contributed by atoms with Crippen LogP contribution in [-0.4, -0.2) is 4.98 Å². The highest BCUT2D eigenvalue weighted by Gasteiger charge is 2.04.